The van der Waals surface area contributed by atoms with Crippen molar-refractivity contribution in [1.29, 1.82) is 5.26 Å². The Balaban J connectivity index is 2.50. The summed E-state index contributed by atoms with van der Waals surface area (Å²) < 4.78 is 0. The van der Waals surface area contributed by atoms with Crippen molar-refractivity contribution in [3.63, 3.8) is 0 Å². The molecule has 92 valence electrons. The highest BCUT2D eigenvalue weighted by molar-refractivity contribution is 7.11. The van der Waals surface area contributed by atoms with Crippen molar-refractivity contribution >= 4 is 17.2 Å². The number of aliphatic hydroxyl groups is 1. The van der Waals surface area contributed by atoms with Crippen molar-refractivity contribution in [1.82, 2.24) is 9.88 Å². The van der Waals surface area contributed by atoms with Gasteiger partial charge >= 0.3 is 0 Å². The lowest BCUT2D eigenvalue weighted by molar-refractivity contribution is -0.129. The molecule has 5 nitrogen and oxygen atoms in total. The fraction of sp³-hybridized carbons (Fsp3) is 0.545. The molecule has 0 atom stereocenters. The van der Waals surface area contributed by atoms with E-state index in [4.69, 9.17) is 10.4 Å². The van der Waals surface area contributed by atoms with E-state index in [1.165, 1.54) is 16.2 Å². The first kappa shape index (κ1) is 13.6. The Bertz CT molecular complexity index is 436. The van der Waals surface area contributed by atoms with Gasteiger partial charge in [0.05, 0.1) is 23.4 Å². The van der Waals surface area contributed by atoms with Crippen molar-refractivity contribution in [2.24, 2.45) is 0 Å². The topological polar surface area (TPSA) is 77.2 Å². The van der Waals surface area contributed by atoms with Crippen LogP contribution in [-0.2, 0) is 17.8 Å². The quantitative estimate of drug-likeness (QED) is 0.789. The number of hydrogen-bond donors (Lipinski definition) is 1. The first-order chi connectivity index (χ1) is 8.08. The monoisotopic (exact) mass is 253 g/mol. The molecule has 0 unspecified atom stereocenters. The molecule has 0 saturated carbocycles. The largest absolute Gasteiger partial charge is 0.390 e. The van der Waals surface area contributed by atoms with E-state index >= 15 is 0 Å². The van der Waals surface area contributed by atoms with Crippen molar-refractivity contribution < 1.29 is 9.90 Å². The van der Waals surface area contributed by atoms with Gasteiger partial charge in [-0.2, -0.15) is 5.26 Å². The van der Waals surface area contributed by atoms with Gasteiger partial charge in [-0.05, 0) is 6.92 Å². The molecular weight excluding hydrogens is 238 g/mol. The van der Waals surface area contributed by atoms with Crippen LogP contribution in [0.5, 0.6) is 0 Å². The van der Waals surface area contributed by atoms with Crippen LogP contribution in [-0.4, -0.2) is 34.5 Å². The highest BCUT2D eigenvalue weighted by Gasteiger charge is 2.11. The zero-order valence-corrected chi connectivity index (χ0v) is 10.8. The van der Waals surface area contributed by atoms with Crippen molar-refractivity contribution in [2.75, 3.05) is 13.6 Å². The van der Waals surface area contributed by atoms with Gasteiger partial charge in [-0.3, -0.25) is 4.79 Å². The number of nitrogens with zero attached hydrogens (tertiary/aromatic N) is 3. The lowest BCUT2D eigenvalue weighted by atomic mass is 10.3. The molecule has 1 aromatic heterocycles. The summed E-state index contributed by atoms with van der Waals surface area (Å²) in [5, 5.41) is 18.3. The summed E-state index contributed by atoms with van der Waals surface area (Å²) >= 11 is 1.50. The molecule has 17 heavy (non-hydrogen) atoms. The molecule has 0 saturated heterocycles. The van der Waals surface area contributed by atoms with Crippen LogP contribution in [0.4, 0.5) is 0 Å². The molecule has 0 aliphatic carbocycles. The van der Waals surface area contributed by atoms with Gasteiger partial charge in [0, 0.05) is 24.8 Å². The molecule has 0 aliphatic heterocycles. The highest BCUT2D eigenvalue weighted by atomic mass is 32.1. The molecule has 1 heterocycles. The van der Waals surface area contributed by atoms with Crippen LogP contribution in [0.15, 0.2) is 0 Å². The Labute approximate surface area is 104 Å². The van der Waals surface area contributed by atoms with Crippen molar-refractivity contribution in [2.45, 2.75) is 26.4 Å². The van der Waals surface area contributed by atoms with E-state index < -0.39 is 0 Å². The lowest BCUT2D eigenvalue weighted by Crippen LogP contribution is -2.27. The van der Waals surface area contributed by atoms with Crippen molar-refractivity contribution in [3.05, 3.63) is 15.6 Å². The second kappa shape index (κ2) is 6.33. The average Bonchev–Trinajstić information content (AvgIpc) is 2.67. The minimum Gasteiger partial charge on any atom is -0.390 e. The number of aliphatic hydroxyl groups excluding tert-OH is 1. The summed E-state index contributed by atoms with van der Waals surface area (Å²) in [5.41, 5.74) is 0.683. The Hall–Kier alpha value is -1.45. The molecule has 6 heteroatoms. The standard InChI is InChI=1S/C11H15N3O2S/c1-8-9(7-15)13-10(17-8)3-4-11(16)14(2)6-5-12/h15H,3-4,6-7H2,1-2H3. The number of nitriles is 1. The zero-order chi connectivity index (χ0) is 12.8. The van der Waals surface area contributed by atoms with Crippen LogP contribution in [0.3, 0.4) is 0 Å². The fourth-order valence-electron chi connectivity index (χ4n) is 1.34. The SMILES string of the molecule is Cc1sc(CCC(=O)N(C)CC#N)nc1CO. The predicted octanol–water partition coefficient (Wildman–Crippen LogP) is 0.858. The normalized spacial score (nSPS) is 10.0. The highest BCUT2D eigenvalue weighted by Crippen LogP contribution is 2.18. The number of rotatable bonds is 5. The molecule has 1 N–H and O–H groups in total. The first-order valence-electron chi connectivity index (χ1n) is 5.25. The van der Waals surface area contributed by atoms with Gasteiger partial charge in [-0.15, -0.1) is 11.3 Å². The van der Waals surface area contributed by atoms with Crippen LogP contribution >= 0.6 is 11.3 Å². The summed E-state index contributed by atoms with van der Waals surface area (Å²) in [6.45, 7) is 1.94. The van der Waals surface area contributed by atoms with Gasteiger partial charge in [-0.1, -0.05) is 0 Å². The molecule has 1 amide bonds. The number of hydrogen-bond acceptors (Lipinski definition) is 5. The molecule has 1 aromatic rings. The molecule has 0 radical (unpaired) electrons. The Morgan fingerprint density at radius 1 is 1.65 bits per heavy atom. The number of carbonyl (C=O) groups is 1. The van der Waals surface area contributed by atoms with Crippen LogP contribution in [0.25, 0.3) is 0 Å². The smallest absolute Gasteiger partial charge is 0.223 e. The Morgan fingerprint density at radius 3 is 2.88 bits per heavy atom. The third kappa shape index (κ3) is 3.80. The summed E-state index contributed by atoms with van der Waals surface area (Å²) in [6, 6.07) is 1.93. The number of aryl methyl sites for hydroxylation is 2. The average molecular weight is 253 g/mol. The summed E-state index contributed by atoms with van der Waals surface area (Å²) in [6.07, 6.45) is 0.899. The van der Waals surface area contributed by atoms with E-state index in [0.29, 0.717) is 18.5 Å². The Kier molecular flexibility index (Phi) is 5.07. The molecule has 0 fully saturated rings. The van der Waals surface area contributed by atoms with Gasteiger partial charge in [0.1, 0.15) is 6.54 Å². The lowest BCUT2D eigenvalue weighted by Gasteiger charge is -2.11. The molecule has 1 rings (SSSR count). The summed E-state index contributed by atoms with van der Waals surface area (Å²) in [4.78, 5) is 18.2. The van der Waals surface area contributed by atoms with Gasteiger partial charge in [0.2, 0.25) is 5.91 Å². The first-order valence-corrected chi connectivity index (χ1v) is 6.07. The van der Waals surface area contributed by atoms with Crippen molar-refractivity contribution in [3.8, 4) is 6.07 Å². The minimum atomic E-state index is -0.0649. The van der Waals surface area contributed by atoms with Gasteiger partial charge in [-0.25, -0.2) is 4.98 Å². The second-order valence-electron chi connectivity index (χ2n) is 3.68. The summed E-state index contributed by atoms with van der Waals surface area (Å²) in [7, 11) is 1.61. The molecule has 0 bridgehead atoms. The van der Waals surface area contributed by atoms with Crippen LogP contribution < -0.4 is 0 Å². The van der Waals surface area contributed by atoms with Crippen LogP contribution in [0.2, 0.25) is 0 Å². The van der Waals surface area contributed by atoms with Gasteiger partial charge in [0.15, 0.2) is 0 Å². The molecule has 0 aliphatic rings. The van der Waals surface area contributed by atoms with E-state index in [1.807, 2.05) is 13.0 Å². The third-order valence-electron chi connectivity index (χ3n) is 2.37. The van der Waals surface area contributed by atoms with Crippen LogP contribution in [0.1, 0.15) is 22.0 Å². The maximum Gasteiger partial charge on any atom is 0.223 e. The van der Waals surface area contributed by atoms with Crippen LogP contribution in [0, 0.1) is 18.3 Å². The number of aromatic nitrogens is 1. The number of amides is 1. The Morgan fingerprint density at radius 2 is 2.35 bits per heavy atom. The number of thiazole rings is 1. The van der Waals surface area contributed by atoms with E-state index in [2.05, 4.69) is 4.98 Å². The van der Waals surface area contributed by atoms with E-state index in [0.717, 1.165) is 9.88 Å². The maximum absolute atomic E-state index is 11.6. The number of carbonyl (C=O) groups excluding carboxylic acids is 1. The second-order valence-corrected chi connectivity index (χ2v) is 4.96. The molecule has 0 spiro atoms. The molecular formula is C11H15N3O2S. The zero-order valence-electron chi connectivity index (χ0n) is 9.93. The predicted molar refractivity (Wildman–Crippen MR) is 64.3 cm³/mol. The fourth-order valence-corrected chi connectivity index (χ4v) is 2.28. The van der Waals surface area contributed by atoms with Gasteiger partial charge < -0.3 is 10.0 Å². The third-order valence-corrected chi connectivity index (χ3v) is 3.45. The van der Waals surface area contributed by atoms with E-state index in [-0.39, 0.29) is 19.1 Å². The van der Waals surface area contributed by atoms with E-state index in [1.54, 1.807) is 7.05 Å². The minimum absolute atomic E-state index is 0.0649. The van der Waals surface area contributed by atoms with E-state index in [9.17, 15) is 4.79 Å². The summed E-state index contributed by atoms with van der Waals surface area (Å²) in [5.74, 6) is -0.0649. The molecule has 0 aromatic carbocycles. The maximum atomic E-state index is 11.6. The van der Waals surface area contributed by atoms with Gasteiger partial charge in [0.25, 0.3) is 0 Å².